The summed E-state index contributed by atoms with van der Waals surface area (Å²) in [6, 6.07) is 5.52. The van der Waals surface area contributed by atoms with Crippen LogP contribution >= 0.6 is 0 Å². The van der Waals surface area contributed by atoms with Gasteiger partial charge in [-0.1, -0.05) is 0 Å². The zero-order valence-corrected chi connectivity index (χ0v) is 7.51. The van der Waals surface area contributed by atoms with E-state index in [0.29, 0.717) is 5.69 Å². The number of pyridine rings is 2. The lowest BCUT2D eigenvalue weighted by Gasteiger charge is -2.06. The molecule has 2 aromatic rings. The number of anilines is 3. The number of nitrogen functional groups attached to an aromatic ring is 1. The summed E-state index contributed by atoms with van der Waals surface area (Å²) in [7, 11) is 0. The van der Waals surface area contributed by atoms with E-state index in [1.165, 1.54) is 0 Å². The minimum atomic E-state index is 0.670. The quantitative estimate of drug-likeness (QED) is 0.750. The number of nitrogens with one attached hydrogen (secondary N) is 1. The third-order valence-corrected chi connectivity index (χ3v) is 1.80. The summed E-state index contributed by atoms with van der Waals surface area (Å²) in [6.07, 6.45) is 6.79. The predicted octanol–water partition coefficient (Wildman–Crippen LogP) is 1.80. The lowest BCUT2D eigenvalue weighted by molar-refractivity contribution is 1.30. The summed E-state index contributed by atoms with van der Waals surface area (Å²) >= 11 is 0. The van der Waals surface area contributed by atoms with Crippen molar-refractivity contribution in [2.24, 2.45) is 0 Å². The Morgan fingerprint density at radius 2 is 1.93 bits per heavy atom. The fourth-order valence-electron chi connectivity index (χ4n) is 1.10. The van der Waals surface area contributed by atoms with Gasteiger partial charge >= 0.3 is 0 Å². The van der Waals surface area contributed by atoms with Gasteiger partial charge in [0.2, 0.25) is 0 Å². The van der Waals surface area contributed by atoms with Crippen molar-refractivity contribution in [1.29, 1.82) is 0 Å². The van der Waals surface area contributed by atoms with Crippen LogP contribution in [0.5, 0.6) is 0 Å². The van der Waals surface area contributed by atoms with Crippen molar-refractivity contribution in [3.8, 4) is 0 Å². The summed E-state index contributed by atoms with van der Waals surface area (Å²) in [4.78, 5) is 7.97. The standard InChI is InChI=1S/C10H10N4/c11-9-3-5-13-7-10(9)14-8-2-1-4-12-6-8/h1-7,14H,(H2,11,13). The number of rotatable bonds is 2. The van der Waals surface area contributed by atoms with E-state index in [9.17, 15) is 0 Å². The Morgan fingerprint density at radius 1 is 1.07 bits per heavy atom. The van der Waals surface area contributed by atoms with Gasteiger partial charge in [0.25, 0.3) is 0 Å². The van der Waals surface area contributed by atoms with Crippen LogP contribution in [0.25, 0.3) is 0 Å². The van der Waals surface area contributed by atoms with E-state index < -0.39 is 0 Å². The molecule has 0 amide bonds. The van der Waals surface area contributed by atoms with Gasteiger partial charge in [-0.15, -0.1) is 0 Å². The van der Waals surface area contributed by atoms with Crippen molar-refractivity contribution in [3.05, 3.63) is 43.0 Å². The average Bonchev–Trinajstić information content (AvgIpc) is 2.23. The van der Waals surface area contributed by atoms with Gasteiger partial charge in [0.1, 0.15) is 0 Å². The molecule has 0 saturated heterocycles. The van der Waals surface area contributed by atoms with Crippen molar-refractivity contribution in [2.45, 2.75) is 0 Å². The molecule has 0 unspecified atom stereocenters. The van der Waals surface area contributed by atoms with Gasteiger partial charge in [0, 0.05) is 12.4 Å². The summed E-state index contributed by atoms with van der Waals surface area (Å²) in [5.41, 5.74) is 8.10. The largest absolute Gasteiger partial charge is 0.397 e. The molecule has 4 heteroatoms. The first-order chi connectivity index (χ1) is 6.86. The molecule has 0 radical (unpaired) electrons. The van der Waals surface area contributed by atoms with Gasteiger partial charge in [0.05, 0.1) is 29.5 Å². The van der Waals surface area contributed by atoms with Crippen LogP contribution in [-0.2, 0) is 0 Å². The normalized spacial score (nSPS) is 9.71. The molecule has 0 spiro atoms. The van der Waals surface area contributed by atoms with Crippen molar-refractivity contribution in [3.63, 3.8) is 0 Å². The van der Waals surface area contributed by atoms with Crippen molar-refractivity contribution in [1.82, 2.24) is 9.97 Å². The number of nitrogens with zero attached hydrogens (tertiary/aromatic N) is 2. The Morgan fingerprint density at radius 3 is 2.64 bits per heavy atom. The summed E-state index contributed by atoms with van der Waals surface area (Å²) in [5, 5.41) is 3.12. The third kappa shape index (κ3) is 1.80. The van der Waals surface area contributed by atoms with Gasteiger partial charge in [-0.3, -0.25) is 9.97 Å². The topological polar surface area (TPSA) is 63.8 Å². The van der Waals surface area contributed by atoms with E-state index >= 15 is 0 Å². The molecule has 2 aromatic heterocycles. The summed E-state index contributed by atoms with van der Waals surface area (Å²) < 4.78 is 0. The van der Waals surface area contributed by atoms with Crippen LogP contribution in [0.1, 0.15) is 0 Å². The number of nitrogens with two attached hydrogens (primary N) is 1. The van der Waals surface area contributed by atoms with Crippen molar-refractivity contribution in [2.75, 3.05) is 11.1 Å². The van der Waals surface area contributed by atoms with Crippen LogP contribution in [0, 0.1) is 0 Å². The Balaban J connectivity index is 2.24. The highest BCUT2D eigenvalue weighted by atomic mass is 14.9. The number of aromatic nitrogens is 2. The molecule has 0 fully saturated rings. The molecule has 70 valence electrons. The second-order valence-corrected chi connectivity index (χ2v) is 2.83. The van der Waals surface area contributed by atoms with Crippen LogP contribution in [0.15, 0.2) is 43.0 Å². The van der Waals surface area contributed by atoms with E-state index in [1.807, 2.05) is 12.1 Å². The number of hydrogen-bond acceptors (Lipinski definition) is 4. The van der Waals surface area contributed by atoms with E-state index in [0.717, 1.165) is 11.4 Å². The highest BCUT2D eigenvalue weighted by Crippen LogP contribution is 2.19. The first-order valence-corrected chi connectivity index (χ1v) is 4.23. The zero-order valence-electron chi connectivity index (χ0n) is 7.51. The predicted molar refractivity (Wildman–Crippen MR) is 56.2 cm³/mol. The van der Waals surface area contributed by atoms with E-state index in [4.69, 9.17) is 5.73 Å². The maximum absolute atomic E-state index is 5.75. The Hall–Kier alpha value is -2.10. The fraction of sp³-hybridized carbons (Fsp3) is 0. The Bertz CT molecular complexity index is 413. The smallest absolute Gasteiger partial charge is 0.0804 e. The van der Waals surface area contributed by atoms with Gasteiger partial charge in [-0.2, -0.15) is 0 Å². The monoisotopic (exact) mass is 186 g/mol. The summed E-state index contributed by atoms with van der Waals surface area (Å²) in [5.74, 6) is 0. The van der Waals surface area contributed by atoms with Crippen LogP contribution < -0.4 is 11.1 Å². The minimum Gasteiger partial charge on any atom is -0.397 e. The van der Waals surface area contributed by atoms with Crippen LogP contribution in [0.2, 0.25) is 0 Å². The Labute approximate surface area is 81.8 Å². The molecule has 0 aliphatic rings. The Kier molecular flexibility index (Phi) is 2.27. The highest BCUT2D eigenvalue weighted by molar-refractivity contribution is 5.70. The molecule has 0 aromatic carbocycles. The molecule has 0 aliphatic carbocycles. The lowest BCUT2D eigenvalue weighted by Crippen LogP contribution is -1.96. The molecule has 2 heterocycles. The third-order valence-electron chi connectivity index (χ3n) is 1.80. The molecule has 0 atom stereocenters. The number of hydrogen-bond donors (Lipinski definition) is 2. The highest BCUT2D eigenvalue weighted by Gasteiger charge is 1.97. The van der Waals surface area contributed by atoms with E-state index in [2.05, 4.69) is 15.3 Å². The first kappa shape index (κ1) is 8.50. The molecule has 0 aliphatic heterocycles. The van der Waals surface area contributed by atoms with Gasteiger partial charge in [0.15, 0.2) is 0 Å². The van der Waals surface area contributed by atoms with E-state index in [-0.39, 0.29) is 0 Å². The molecule has 14 heavy (non-hydrogen) atoms. The SMILES string of the molecule is Nc1ccncc1Nc1cccnc1. The molecule has 3 N–H and O–H groups in total. The second-order valence-electron chi connectivity index (χ2n) is 2.83. The van der Waals surface area contributed by atoms with Crippen molar-refractivity contribution < 1.29 is 0 Å². The fourth-order valence-corrected chi connectivity index (χ4v) is 1.10. The zero-order chi connectivity index (χ0) is 9.80. The van der Waals surface area contributed by atoms with Crippen LogP contribution in [-0.4, -0.2) is 9.97 Å². The molecule has 0 saturated carbocycles. The maximum Gasteiger partial charge on any atom is 0.0804 e. The minimum absolute atomic E-state index is 0.670. The average molecular weight is 186 g/mol. The first-order valence-electron chi connectivity index (χ1n) is 4.23. The van der Waals surface area contributed by atoms with Crippen molar-refractivity contribution >= 4 is 17.1 Å². The van der Waals surface area contributed by atoms with Gasteiger partial charge in [-0.25, -0.2) is 0 Å². The molecular formula is C10H10N4. The van der Waals surface area contributed by atoms with Crippen LogP contribution in [0.3, 0.4) is 0 Å². The van der Waals surface area contributed by atoms with Gasteiger partial charge in [-0.05, 0) is 18.2 Å². The second kappa shape index (κ2) is 3.74. The molecule has 4 nitrogen and oxygen atoms in total. The maximum atomic E-state index is 5.75. The summed E-state index contributed by atoms with van der Waals surface area (Å²) in [6.45, 7) is 0. The molecule has 2 rings (SSSR count). The van der Waals surface area contributed by atoms with Gasteiger partial charge < -0.3 is 11.1 Å². The van der Waals surface area contributed by atoms with Crippen LogP contribution in [0.4, 0.5) is 17.1 Å². The molecule has 0 bridgehead atoms. The lowest BCUT2D eigenvalue weighted by atomic mass is 10.3. The molecular weight excluding hydrogens is 176 g/mol. The van der Waals surface area contributed by atoms with E-state index in [1.54, 1.807) is 30.9 Å².